The SMILES string of the molecule is C[SiH2]C1(C2([SiH2]Cc3ccccc3)CCCCO2)CCCCO1. The van der Waals surface area contributed by atoms with E-state index < -0.39 is 0 Å². The van der Waals surface area contributed by atoms with Crippen LogP contribution in [0.5, 0.6) is 0 Å². The molecule has 0 radical (unpaired) electrons. The van der Waals surface area contributed by atoms with Gasteiger partial charge in [-0.15, -0.1) is 0 Å². The van der Waals surface area contributed by atoms with Crippen molar-refractivity contribution >= 4 is 19.0 Å². The van der Waals surface area contributed by atoms with Crippen LogP contribution in [0.2, 0.25) is 6.55 Å². The van der Waals surface area contributed by atoms with Gasteiger partial charge in [-0.05, 0) is 44.6 Å². The van der Waals surface area contributed by atoms with Gasteiger partial charge in [-0.3, -0.25) is 0 Å². The van der Waals surface area contributed by atoms with Crippen LogP contribution in [0.3, 0.4) is 0 Å². The molecule has 2 aliphatic heterocycles. The summed E-state index contributed by atoms with van der Waals surface area (Å²) in [7, 11) is -0.617. The van der Waals surface area contributed by atoms with Crippen LogP contribution in [0.4, 0.5) is 0 Å². The first-order valence-corrected chi connectivity index (χ1v) is 12.9. The molecule has 4 heteroatoms. The maximum Gasteiger partial charge on any atom is 0.0768 e. The molecular weight excluding hydrogens is 304 g/mol. The van der Waals surface area contributed by atoms with Crippen molar-refractivity contribution in [3.05, 3.63) is 35.9 Å². The van der Waals surface area contributed by atoms with Gasteiger partial charge in [-0.25, -0.2) is 0 Å². The summed E-state index contributed by atoms with van der Waals surface area (Å²) < 4.78 is 13.1. The van der Waals surface area contributed by atoms with Crippen LogP contribution in [-0.4, -0.2) is 42.7 Å². The first-order valence-electron chi connectivity index (χ1n) is 9.12. The summed E-state index contributed by atoms with van der Waals surface area (Å²) in [5, 5.41) is 0.273. The van der Waals surface area contributed by atoms with Gasteiger partial charge < -0.3 is 9.47 Å². The quantitative estimate of drug-likeness (QED) is 0.770. The number of benzene rings is 1. The smallest absolute Gasteiger partial charge is 0.0768 e. The standard InChI is InChI=1S/C18H30O2Si2/c1-21-17(11-5-7-13-19-17)18(12-6-8-14-20-18)22-15-16-9-3-2-4-10-16/h2-4,9-10H,5-8,11-15,21-22H2,1H3. The van der Waals surface area contributed by atoms with Crippen molar-refractivity contribution in [2.45, 2.75) is 61.6 Å². The minimum Gasteiger partial charge on any atom is -0.377 e. The molecule has 122 valence electrons. The fourth-order valence-corrected chi connectivity index (χ4v) is 10.1. The average Bonchev–Trinajstić information content (AvgIpc) is 2.62. The van der Waals surface area contributed by atoms with E-state index in [1.165, 1.54) is 50.1 Å². The Morgan fingerprint density at radius 1 is 0.909 bits per heavy atom. The lowest BCUT2D eigenvalue weighted by Gasteiger charge is -2.53. The molecule has 0 aliphatic carbocycles. The molecule has 0 amide bonds. The Hall–Kier alpha value is -0.426. The minimum atomic E-state index is -0.365. The maximum absolute atomic E-state index is 6.59. The van der Waals surface area contributed by atoms with Crippen molar-refractivity contribution in [2.24, 2.45) is 0 Å². The lowest BCUT2D eigenvalue weighted by molar-refractivity contribution is -0.161. The Morgan fingerprint density at radius 3 is 2.09 bits per heavy atom. The fraction of sp³-hybridized carbons (Fsp3) is 0.667. The van der Waals surface area contributed by atoms with Gasteiger partial charge in [0.25, 0.3) is 0 Å². The normalized spacial score (nSPS) is 33.9. The van der Waals surface area contributed by atoms with Crippen molar-refractivity contribution < 1.29 is 9.47 Å². The maximum atomic E-state index is 6.59. The van der Waals surface area contributed by atoms with Gasteiger partial charge in [0.05, 0.1) is 29.5 Å². The summed E-state index contributed by atoms with van der Waals surface area (Å²) in [6.45, 7) is 4.37. The first-order chi connectivity index (χ1) is 10.8. The molecule has 2 unspecified atom stereocenters. The number of hydrogen-bond donors (Lipinski definition) is 0. The Kier molecular flexibility index (Phi) is 5.55. The summed E-state index contributed by atoms with van der Waals surface area (Å²) in [6.07, 6.45) is 7.67. The molecule has 1 aromatic rings. The largest absolute Gasteiger partial charge is 0.377 e. The number of ether oxygens (including phenoxy) is 2. The lowest BCUT2D eigenvalue weighted by Crippen LogP contribution is -2.66. The second-order valence-electron chi connectivity index (χ2n) is 6.94. The minimum absolute atomic E-state index is 0.127. The first kappa shape index (κ1) is 16.4. The van der Waals surface area contributed by atoms with Crippen LogP contribution < -0.4 is 0 Å². The molecule has 2 atom stereocenters. The van der Waals surface area contributed by atoms with Gasteiger partial charge in [0.1, 0.15) is 0 Å². The molecule has 0 saturated carbocycles. The van der Waals surface area contributed by atoms with E-state index in [4.69, 9.17) is 9.47 Å². The molecule has 1 aromatic carbocycles. The Labute approximate surface area is 139 Å². The van der Waals surface area contributed by atoms with Gasteiger partial charge in [0, 0.05) is 13.2 Å². The molecule has 2 nitrogen and oxygen atoms in total. The highest BCUT2D eigenvalue weighted by molar-refractivity contribution is 6.47. The molecule has 22 heavy (non-hydrogen) atoms. The highest BCUT2D eigenvalue weighted by Crippen LogP contribution is 2.42. The van der Waals surface area contributed by atoms with Gasteiger partial charge in [-0.1, -0.05) is 42.4 Å². The van der Waals surface area contributed by atoms with Crippen LogP contribution in [0.15, 0.2) is 30.3 Å². The molecule has 3 rings (SSSR count). The predicted octanol–water partition coefficient (Wildman–Crippen LogP) is 2.37. The van der Waals surface area contributed by atoms with Crippen LogP contribution in [0, 0.1) is 0 Å². The Bertz CT molecular complexity index is 451. The highest BCUT2D eigenvalue weighted by Gasteiger charge is 2.52. The molecule has 2 saturated heterocycles. The van der Waals surface area contributed by atoms with Gasteiger partial charge in [0.2, 0.25) is 0 Å². The van der Waals surface area contributed by atoms with E-state index in [1.807, 2.05) is 0 Å². The second kappa shape index (κ2) is 7.43. The topological polar surface area (TPSA) is 18.5 Å². The van der Waals surface area contributed by atoms with E-state index in [-0.39, 0.29) is 29.5 Å². The zero-order valence-electron chi connectivity index (χ0n) is 14.0. The van der Waals surface area contributed by atoms with Gasteiger partial charge in [0.15, 0.2) is 0 Å². The number of rotatable bonds is 5. The highest BCUT2D eigenvalue weighted by atomic mass is 28.2. The van der Waals surface area contributed by atoms with Crippen LogP contribution >= 0.6 is 0 Å². The Balaban J connectivity index is 1.80. The summed E-state index contributed by atoms with van der Waals surface area (Å²) in [6, 6.07) is 12.3. The van der Waals surface area contributed by atoms with Crippen LogP contribution in [0.1, 0.15) is 44.1 Å². The zero-order chi connectivity index (χ0) is 15.3. The molecule has 0 bridgehead atoms. The zero-order valence-corrected chi connectivity index (χ0v) is 16.8. The molecule has 2 aliphatic rings. The lowest BCUT2D eigenvalue weighted by atomic mass is 9.96. The van der Waals surface area contributed by atoms with Crippen molar-refractivity contribution in [1.82, 2.24) is 0 Å². The third-order valence-corrected chi connectivity index (χ3v) is 11.4. The summed E-state index contributed by atoms with van der Waals surface area (Å²) in [4.78, 5) is 0. The monoisotopic (exact) mass is 334 g/mol. The summed E-state index contributed by atoms with van der Waals surface area (Å²) in [5.74, 6) is 0. The van der Waals surface area contributed by atoms with Gasteiger partial charge >= 0.3 is 0 Å². The van der Waals surface area contributed by atoms with E-state index in [0.29, 0.717) is 0 Å². The van der Waals surface area contributed by atoms with E-state index in [2.05, 4.69) is 36.9 Å². The molecule has 0 aromatic heterocycles. The van der Waals surface area contributed by atoms with Crippen molar-refractivity contribution in [3.8, 4) is 0 Å². The van der Waals surface area contributed by atoms with Crippen molar-refractivity contribution in [1.29, 1.82) is 0 Å². The van der Waals surface area contributed by atoms with E-state index in [0.717, 1.165) is 13.2 Å². The molecule has 2 fully saturated rings. The average molecular weight is 335 g/mol. The van der Waals surface area contributed by atoms with E-state index >= 15 is 0 Å². The molecule has 0 N–H and O–H groups in total. The molecule has 0 spiro atoms. The van der Waals surface area contributed by atoms with E-state index in [9.17, 15) is 0 Å². The number of hydrogen-bond acceptors (Lipinski definition) is 2. The molecule has 2 heterocycles. The van der Waals surface area contributed by atoms with Crippen LogP contribution in [-0.2, 0) is 15.5 Å². The van der Waals surface area contributed by atoms with Crippen LogP contribution in [0.25, 0.3) is 0 Å². The van der Waals surface area contributed by atoms with Gasteiger partial charge in [-0.2, -0.15) is 0 Å². The van der Waals surface area contributed by atoms with Crippen molar-refractivity contribution in [3.63, 3.8) is 0 Å². The van der Waals surface area contributed by atoms with Crippen molar-refractivity contribution in [2.75, 3.05) is 13.2 Å². The summed E-state index contributed by atoms with van der Waals surface area (Å²) >= 11 is 0. The van der Waals surface area contributed by atoms with E-state index in [1.54, 1.807) is 0 Å². The fourth-order valence-electron chi connectivity index (χ4n) is 4.44. The predicted molar refractivity (Wildman–Crippen MR) is 98.2 cm³/mol. The third-order valence-electron chi connectivity index (χ3n) is 5.77. The molecular formula is C18H30O2Si2. The Morgan fingerprint density at radius 2 is 1.55 bits per heavy atom. The third kappa shape index (κ3) is 3.25. The second-order valence-corrected chi connectivity index (χ2v) is 10.9. The summed E-state index contributed by atoms with van der Waals surface area (Å²) in [5.41, 5.74) is 1.49.